The van der Waals surface area contributed by atoms with Gasteiger partial charge in [0, 0.05) is 53.5 Å². The Morgan fingerprint density at radius 2 is 1.76 bits per heavy atom. The summed E-state index contributed by atoms with van der Waals surface area (Å²) < 4.78 is 11.5. The molecule has 0 N–H and O–H groups in total. The van der Waals surface area contributed by atoms with E-state index in [4.69, 9.17) is 9.47 Å². The fourth-order valence-electron chi connectivity index (χ4n) is 4.00. The molecule has 2 aromatic carbocycles. The predicted octanol–water partition coefficient (Wildman–Crippen LogP) is 5.32. The van der Waals surface area contributed by atoms with Gasteiger partial charge in [-0.15, -0.1) is 0 Å². The van der Waals surface area contributed by atoms with Crippen molar-refractivity contribution in [1.29, 1.82) is 0 Å². The Bertz CT molecular complexity index is 1280. The highest BCUT2D eigenvalue weighted by Crippen LogP contribution is 2.36. The molecular formula is C31H41N5O4S. The van der Waals surface area contributed by atoms with Gasteiger partial charge in [-0.05, 0) is 44.7 Å². The Labute approximate surface area is 247 Å². The monoisotopic (exact) mass is 579 g/mol. The Morgan fingerprint density at radius 1 is 1.10 bits per heavy atom. The fourth-order valence-corrected chi connectivity index (χ4v) is 4.33. The number of amides is 2. The van der Waals surface area contributed by atoms with E-state index >= 15 is 0 Å². The van der Waals surface area contributed by atoms with Crippen LogP contribution >= 0.6 is 11.8 Å². The molecule has 1 aromatic heterocycles. The van der Waals surface area contributed by atoms with E-state index in [-0.39, 0.29) is 17.6 Å². The number of carbonyl (C=O) groups is 2. The van der Waals surface area contributed by atoms with Gasteiger partial charge in [-0.25, -0.2) is 9.97 Å². The molecule has 1 aliphatic rings. The summed E-state index contributed by atoms with van der Waals surface area (Å²) in [5, 5.41) is 0.631. The molecule has 0 aliphatic carbocycles. The predicted molar refractivity (Wildman–Crippen MR) is 165 cm³/mol. The summed E-state index contributed by atoms with van der Waals surface area (Å²) in [7, 11) is 5.39. The molecule has 3 aromatic rings. The van der Waals surface area contributed by atoms with Crippen LogP contribution < -0.4 is 14.5 Å². The lowest BCUT2D eigenvalue weighted by atomic mass is 10.1. The molecular weight excluding hydrogens is 538 g/mol. The molecule has 0 saturated carbocycles. The highest BCUT2D eigenvalue weighted by molar-refractivity contribution is 7.98. The first kappa shape index (κ1) is 31.9. The first-order valence-electron chi connectivity index (χ1n) is 13.5. The van der Waals surface area contributed by atoms with Crippen molar-refractivity contribution in [3.8, 4) is 5.75 Å². The number of thioether (sulfide) groups is 1. The summed E-state index contributed by atoms with van der Waals surface area (Å²) in [5.74, 6) is 1.08. The lowest BCUT2D eigenvalue weighted by Gasteiger charge is -2.27. The van der Waals surface area contributed by atoms with Crippen molar-refractivity contribution in [2.45, 2.75) is 44.1 Å². The molecule has 4 rings (SSSR count). The van der Waals surface area contributed by atoms with E-state index in [2.05, 4.69) is 9.97 Å². The van der Waals surface area contributed by atoms with E-state index in [0.717, 1.165) is 12.0 Å². The number of ether oxygens (including phenoxy) is 2. The van der Waals surface area contributed by atoms with Crippen molar-refractivity contribution >= 4 is 35.6 Å². The number of hydrogen-bond acceptors (Lipinski definition) is 8. The highest BCUT2D eigenvalue weighted by Gasteiger charge is 2.30. The lowest BCUT2D eigenvalue weighted by molar-refractivity contribution is -0.117. The molecule has 2 heterocycles. The first-order chi connectivity index (χ1) is 19.6. The summed E-state index contributed by atoms with van der Waals surface area (Å²) in [6.45, 7) is 7.70. The van der Waals surface area contributed by atoms with Crippen LogP contribution in [0.2, 0.25) is 0 Å². The van der Waals surface area contributed by atoms with Crippen LogP contribution in [-0.2, 0) is 9.53 Å². The van der Waals surface area contributed by atoms with Gasteiger partial charge in [0.25, 0.3) is 5.91 Å². The second kappa shape index (κ2) is 14.8. The fraction of sp³-hybridized carbons (Fsp3) is 0.419. The lowest BCUT2D eigenvalue weighted by Crippen LogP contribution is -2.34. The Balaban J connectivity index is 0.000000696. The number of aromatic nitrogens is 2. The topological polar surface area (TPSA) is 88.1 Å². The number of nitrogens with zero attached hydrogens (tertiary/aromatic N) is 5. The molecule has 220 valence electrons. The van der Waals surface area contributed by atoms with Crippen LogP contribution in [0.1, 0.15) is 49.2 Å². The smallest absolute Gasteiger partial charge is 0.263 e. The molecule has 2 amide bonds. The van der Waals surface area contributed by atoms with E-state index in [9.17, 15) is 9.59 Å². The zero-order valence-electron chi connectivity index (χ0n) is 25.0. The normalized spacial score (nSPS) is 13.9. The van der Waals surface area contributed by atoms with Crippen LogP contribution in [0.15, 0.2) is 66.0 Å². The standard InChI is InChI=1S/C26H29N5O3S.C5H12O/c1-29(18-32)14-13-22(19-9-5-4-6-10-19)34-23-12-8-7-11-21(23)31-16-15-30(2)24-20(25(31)33)17-27-26(28-24)35-3;1-5(2,3)6-4/h4-12,17-18,22H,13-16H2,1-3H3;1-4H3. The molecule has 9 nitrogen and oxygen atoms in total. The highest BCUT2D eigenvalue weighted by atomic mass is 32.2. The summed E-state index contributed by atoms with van der Waals surface area (Å²) in [6.07, 6.45) is 4.65. The van der Waals surface area contributed by atoms with Gasteiger partial charge in [-0.1, -0.05) is 54.2 Å². The summed E-state index contributed by atoms with van der Waals surface area (Å²) in [4.78, 5) is 39.0. The van der Waals surface area contributed by atoms with Gasteiger partial charge in [-0.2, -0.15) is 0 Å². The SMILES string of the molecule is COC(C)(C)C.CSc1ncc2c(n1)N(C)CCN(c1ccccc1OC(CCN(C)C=O)c1ccccc1)C2=O. The Morgan fingerprint density at radius 3 is 2.39 bits per heavy atom. The van der Waals surface area contributed by atoms with Crippen molar-refractivity contribution in [1.82, 2.24) is 14.9 Å². The van der Waals surface area contributed by atoms with Gasteiger partial charge < -0.3 is 24.2 Å². The van der Waals surface area contributed by atoms with Crippen molar-refractivity contribution < 1.29 is 19.1 Å². The Hall–Kier alpha value is -3.63. The molecule has 1 aliphatic heterocycles. The van der Waals surface area contributed by atoms with Gasteiger partial charge in [0.2, 0.25) is 6.41 Å². The Kier molecular flexibility index (Phi) is 11.5. The van der Waals surface area contributed by atoms with E-state index in [1.807, 2.05) is 93.6 Å². The third-order valence-corrected chi connectivity index (χ3v) is 7.12. The van der Waals surface area contributed by atoms with Gasteiger partial charge in [-0.3, -0.25) is 9.59 Å². The van der Waals surface area contributed by atoms with Gasteiger partial charge in [0.15, 0.2) is 5.16 Å². The number of anilines is 2. The minimum Gasteiger partial charge on any atom is -0.483 e. The number of carbonyl (C=O) groups excluding carboxylic acids is 2. The quantitative estimate of drug-likeness (QED) is 0.191. The second-order valence-electron chi connectivity index (χ2n) is 10.6. The average Bonchev–Trinajstić information content (AvgIpc) is 3.11. The minimum absolute atomic E-state index is 0.0417. The maximum atomic E-state index is 13.7. The van der Waals surface area contributed by atoms with Crippen LogP contribution in [-0.4, -0.2) is 79.9 Å². The van der Waals surface area contributed by atoms with Crippen LogP contribution in [0, 0.1) is 0 Å². The minimum atomic E-state index is -0.288. The molecule has 0 bridgehead atoms. The molecule has 0 saturated heterocycles. The molecule has 0 radical (unpaired) electrons. The molecule has 1 atom stereocenters. The van der Waals surface area contributed by atoms with Crippen LogP contribution in [0.3, 0.4) is 0 Å². The largest absolute Gasteiger partial charge is 0.483 e. The third-order valence-electron chi connectivity index (χ3n) is 6.56. The maximum absolute atomic E-state index is 13.7. The summed E-state index contributed by atoms with van der Waals surface area (Å²) in [6, 6.07) is 17.5. The van der Waals surface area contributed by atoms with Crippen molar-refractivity contribution in [2.75, 3.05) is 56.9 Å². The van der Waals surface area contributed by atoms with Crippen molar-refractivity contribution in [3.63, 3.8) is 0 Å². The number of para-hydroxylation sites is 2. The molecule has 0 spiro atoms. The van der Waals surface area contributed by atoms with Crippen molar-refractivity contribution in [2.24, 2.45) is 0 Å². The maximum Gasteiger partial charge on any atom is 0.263 e. The molecule has 1 unspecified atom stereocenters. The van der Waals surface area contributed by atoms with Crippen molar-refractivity contribution in [3.05, 3.63) is 71.9 Å². The number of benzene rings is 2. The van der Waals surface area contributed by atoms with E-state index in [1.54, 1.807) is 30.2 Å². The zero-order valence-corrected chi connectivity index (χ0v) is 25.9. The van der Waals surface area contributed by atoms with Crippen LogP contribution in [0.5, 0.6) is 5.75 Å². The van der Waals surface area contributed by atoms with Gasteiger partial charge >= 0.3 is 0 Å². The molecule has 0 fully saturated rings. The number of rotatable bonds is 9. The van der Waals surface area contributed by atoms with Gasteiger partial charge in [0.1, 0.15) is 23.2 Å². The number of hydrogen-bond donors (Lipinski definition) is 0. The van der Waals surface area contributed by atoms with E-state index in [1.165, 1.54) is 11.8 Å². The third kappa shape index (κ3) is 8.93. The van der Waals surface area contributed by atoms with Crippen LogP contribution in [0.4, 0.5) is 11.5 Å². The van der Waals surface area contributed by atoms with E-state index < -0.39 is 0 Å². The summed E-state index contributed by atoms with van der Waals surface area (Å²) >= 11 is 1.45. The number of fused-ring (bicyclic) bond motifs is 1. The number of likely N-dealkylation sites (N-methyl/N-ethyl adjacent to an activating group) is 1. The van der Waals surface area contributed by atoms with Gasteiger partial charge in [0.05, 0.1) is 11.3 Å². The zero-order chi connectivity index (χ0) is 30.0. The molecule has 10 heteroatoms. The molecule has 41 heavy (non-hydrogen) atoms. The first-order valence-corrected chi connectivity index (χ1v) is 14.8. The summed E-state index contributed by atoms with van der Waals surface area (Å²) in [5.41, 5.74) is 2.20. The van der Waals surface area contributed by atoms with E-state index in [0.29, 0.717) is 54.0 Å². The average molecular weight is 580 g/mol. The second-order valence-corrected chi connectivity index (χ2v) is 11.4. The van der Waals surface area contributed by atoms with Crippen LogP contribution in [0.25, 0.3) is 0 Å². The number of methoxy groups -OCH3 is 1.